The van der Waals surface area contributed by atoms with E-state index in [-0.39, 0.29) is 0 Å². The number of aromatic nitrogens is 2. The van der Waals surface area contributed by atoms with Crippen molar-refractivity contribution in [2.24, 2.45) is 11.8 Å². The lowest BCUT2D eigenvalue weighted by Crippen LogP contribution is -2.17. The van der Waals surface area contributed by atoms with Gasteiger partial charge in [-0.3, -0.25) is 0 Å². The first-order valence-electron chi connectivity index (χ1n) is 7.60. The first-order chi connectivity index (χ1) is 9.65. The fraction of sp³-hybridized carbons (Fsp3) is 0.562. The van der Waals surface area contributed by atoms with Crippen LogP contribution in [0.1, 0.15) is 50.6 Å². The average Bonchev–Trinajstić information content (AvgIpc) is 3.28. The molecule has 0 saturated heterocycles. The predicted molar refractivity (Wildman–Crippen MR) is 79.3 cm³/mol. The molecule has 1 aromatic heterocycles. The van der Waals surface area contributed by atoms with Gasteiger partial charge in [0.2, 0.25) is 0 Å². The van der Waals surface area contributed by atoms with E-state index < -0.39 is 6.10 Å². The molecule has 0 aliphatic heterocycles. The van der Waals surface area contributed by atoms with Crippen LogP contribution in [0, 0.1) is 11.8 Å². The number of nitrogens with zero attached hydrogens (tertiary/aromatic N) is 2. The second-order valence-corrected chi connectivity index (χ2v) is 6.43. The third-order valence-electron chi connectivity index (χ3n) is 4.62. The molecule has 0 amide bonds. The molecule has 2 aromatic rings. The van der Waals surface area contributed by atoms with Crippen LogP contribution in [0.4, 0.5) is 5.69 Å². The van der Waals surface area contributed by atoms with Crippen LogP contribution in [0.15, 0.2) is 18.2 Å². The van der Waals surface area contributed by atoms with E-state index in [4.69, 9.17) is 5.73 Å². The van der Waals surface area contributed by atoms with Crippen molar-refractivity contribution in [3.8, 4) is 0 Å². The van der Waals surface area contributed by atoms with E-state index in [0.717, 1.165) is 34.4 Å². The van der Waals surface area contributed by atoms with E-state index in [9.17, 15) is 5.11 Å². The van der Waals surface area contributed by atoms with Gasteiger partial charge in [0.15, 0.2) is 0 Å². The lowest BCUT2D eigenvalue weighted by Gasteiger charge is -2.22. The molecule has 1 aromatic carbocycles. The van der Waals surface area contributed by atoms with Crippen molar-refractivity contribution in [2.75, 3.05) is 5.73 Å². The number of nitrogen functional groups attached to an aromatic ring is 1. The number of hydrogen-bond acceptors (Lipinski definition) is 3. The highest BCUT2D eigenvalue weighted by atomic mass is 16.3. The van der Waals surface area contributed by atoms with Gasteiger partial charge < -0.3 is 15.4 Å². The van der Waals surface area contributed by atoms with Crippen LogP contribution < -0.4 is 5.73 Å². The van der Waals surface area contributed by atoms with Crippen LogP contribution >= 0.6 is 0 Å². The quantitative estimate of drug-likeness (QED) is 0.840. The third kappa shape index (κ3) is 1.90. The summed E-state index contributed by atoms with van der Waals surface area (Å²) in [5.74, 6) is 2.35. The van der Waals surface area contributed by atoms with E-state index >= 15 is 0 Å². The third-order valence-corrected chi connectivity index (χ3v) is 4.62. The molecule has 20 heavy (non-hydrogen) atoms. The van der Waals surface area contributed by atoms with Crippen LogP contribution in [0.3, 0.4) is 0 Å². The maximum Gasteiger partial charge on any atom is 0.138 e. The maximum absolute atomic E-state index is 10.1. The van der Waals surface area contributed by atoms with E-state index in [1.54, 1.807) is 6.92 Å². The number of fused-ring (bicyclic) bond motifs is 1. The number of benzene rings is 1. The highest BCUT2D eigenvalue weighted by Crippen LogP contribution is 2.53. The molecular weight excluding hydrogens is 250 g/mol. The Balaban J connectivity index is 1.92. The van der Waals surface area contributed by atoms with Gasteiger partial charge in [-0.05, 0) is 62.6 Å². The standard InChI is InChI=1S/C16H21N3O/c1-9(20)16-18-13-8-12(17)6-7-14(13)19(16)15(10-2-3-10)11-4-5-11/h6-11,15,20H,2-5,17H2,1H3. The number of anilines is 1. The van der Waals surface area contributed by atoms with E-state index in [0.29, 0.717) is 6.04 Å². The summed E-state index contributed by atoms with van der Waals surface area (Å²) in [6.07, 6.45) is 4.72. The molecule has 2 saturated carbocycles. The summed E-state index contributed by atoms with van der Waals surface area (Å²) in [5.41, 5.74) is 8.63. The lowest BCUT2D eigenvalue weighted by molar-refractivity contribution is 0.178. The predicted octanol–water partition coefficient (Wildman–Crippen LogP) is 3.03. The summed E-state index contributed by atoms with van der Waals surface area (Å²) in [4.78, 5) is 4.65. The molecule has 3 N–H and O–H groups in total. The molecule has 0 radical (unpaired) electrons. The zero-order chi connectivity index (χ0) is 13.9. The molecule has 2 aliphatic rings. The van der Waals surface area contributed by atoms with Gasteiger partial charge in [-0.25, -0.2) is 4.98 Å². The molecule has 4 rings (SSSR count). The van der Waals surface area contributed by atoms with Gasteiger partial charge in [0.1, 0.15) is 11.9 Å². The Morgan fingerprint density at radius 1 is 1.25 bits per heavy atom. The maximum atomic E-state index is 10.1. The Morgan fingerprint density at radius 3 is 2.45 bits per heavy atom. The number of nitrogens with two attached hydrogens (primary N) is 1. The molecule has 4 heteroatoms. The summed E-state index contributed by atoms with van der Waals surface area (Å²) < 4.78 is 2.31. The fourth-order valence-corrected chi connectivity index (χ4v) is 3.42. The summed E-state index contributed by atoms with van der Waals surface area (Å²) in [5, 5.41) is 10.1. The van der Waals surface area contributed by atoms with Crippen molar-refractivity contribution in [1.82, 2.24) is 9.55 Å². The second kappa shape index (κ2) is 4.22. The summed E-state index contributed by atoms with van der Waals surface area (Å²) in [6, 6.07) is 6.42. The summed E-state index contributed by atoms with van der Waals surface area (Å²) >= 11 is 0. The van der Waals surface area contributed by atoms with Gasteiger partial charge in [0.25, 0.3) is 0 Å². The first-order valence-corrected chi connectivity index (χ1v) is 7.60. The Hall–Kier alpha value is -1.55. The summed E-state index contributed by atoms with van der Waals surface area (Å²) in [6.45, 7) is 1.80. The molecule has 2 aliphatic carbocycles. The SMILES string of the molecule is CC(O)c1nc2cc(N)ccc2n1C(C1CC1)C1CC1. The normalized spacial score (nSPS) is 20.8. The fourth-order valence-electron chi connectivity index (χ4n) is 3.42. The monoisotopic (exact) mass is 271 g/mol. The number of rotatable bonds is 4. The Morgan fingerprint density at radius 2 is 1.90 bits per heavy atom. The van der Waals surface area contributed by atoms with E-state index in [2.05, 4.69) is 15.6 Å². The Kier molecular flexibility index (Phi) is 2.58. The molecule has 106 valence electrons. The first kappa shape index (κ1) is 12.2. The second-order valence-electron chi connectivity index (χ2n) is 6.43. The molecule has 0 spiro atoms. The molecule has 4 nitrogen and oxygen atoms in total. The van der Waals surface area contributed by atoms with Crippen LogP contribution in [0.2, 0.25) is 0 Å². The molecule has 1 unspecified atom stereocenters. The lowest BCUT2D eigenvalue weighted by atomic mass is 10.1. The zero-order valence-electron chi connectivity index (χ0n) is 11.8. The average molecular weight is 271 g/mol. The number of aliphatic hydroxyl groups is 1. The van der Waals surface area contributed by atoms with Gasteiger partial charge in [-0.2, -0.15) is 0 Å². The minimum Gasteiger partial charge on any atom is -0.399 e. The largest absolute Gasteiger partial charge is 0.399 e. The zero-order valence-corrected chi connectivity index (χ0v) is 11.8. The van der Waals surface area contributed by atoms with Gasteiger partial charge in [0, 0.05) is 11.7 Å². The minimum atomic E-state index is -0.538. The van der Waals surface area contributed by atoms with Crippen molar-refractivity contribution in [2.45, 2.75) is 44.8 Å². The highest BCUT2D eigenvalue weighted by molar-refractivity contribution is 5.80. The highest BCUT2D eigenvalue weighted by Gasteiger charge is 2.44. The van der Waals surface area contributed by atoms with Crippen molar-refractivity contribution in [3.05, 3.63) is 24.0 Å². The van der Waals surface area contributed by atoms with E-state index in [1.807, 2.05) is 12.1 Å². The van der Waals surface area contributed by atoms with Crippen LogP contribution in [0.25, 0.3) is 11.0 Å². The van der Waals surface area contributed by atoms with Gasteiger partial charge in [-0.1, -0.05) is 0 Å². The number of hydrogen-bond donors (Lipinski definition) is 2. The number of aliphatic hydroxyl groups excluding tert-OH is 1. The Bertz CT molecular complexity index is 641. The smallest absolute Gasteiger partial charge is 0.138 e. The van der Waals surface area contributed by atoms with Crippen LogP contribution in [-0.4, -0.2) is 14.7 Å². The van der Waals surface area contributed by atoms with Crippen molar-refractivity contribution < 1.29 is 5.11 Å². The molecule has 2 fully saturated rings. The van der Waals surface area contributed by atoms with Crippen molar-refractivity contribution in [1.29, 1.82) is 0 Å². The Labute approximate surface area is 118 Å². The van der Waals surface area contributed by atoms with Crippen molar-refractivity contribution >= 4 is 16.7 Å². The molecule has 1 atom stereocenters. The summed E-state index contributed by atoms with van der Waals surface area (Å²) in [7, 11) is 0. The number of imidazole rings is 1. The van der Waals surface area contributed by atoms with Crippen molar-refractivity contribution in [3.63, 3.8) is 0 Å². The molecule has 0 bridgehead atoms. The molecular formula is C16H21N3O. The minimum absolute atomic E-state index is 0.522. The van der Waals surface area contributed by atoms with Gasteiger partial charge in [0.05, 0.1) is 11.0 Å². The molecule has 1 heterocycles. The van der Waals surface area contributed by atoms with Crippen LogP contribution in [-0.2, 0) is 0 Å². The topological polar surface area (TPSA) is 64.1 Å². The van der Waals surface area contributed by atoms with Gasteiger partial charge >= 0.3 is 0 Å². The van der Waals surface area contributed by atoms with Crippen LogP contribution in [0.5, 0.6) is 0 Å². The van der Waals surface area contributed by atoms with Gasteiger partial charge in [-0.15, -0.1) is 0 Å². The van der Waals surface area contributed by atoms with E-state index in [1.165, 1.54) is 25.7 Å².